The molecular formula is C22H31Cl2SiZr. The molecule has 0 radical (unpaired) electrons. The molecule has 3 aliphatic carbocycles. The molecule has 2 atom stereocenters. The van der Waals surface area contributed by atoms with Crippen LogP contribution in [0.5, 0.6) is 0 Å². The third-order valence-corrected chi connectivity index (χ3v) is 28.4. The van der Waals surface area contributed by atoms with Gasteiger partial charge in [-0.05, 0) is 0 Å². The minimum Gasteiger partial charge on any atom is -1.00 e. The van der Waals surface area contributed by atoms with Gasteiger partial charge in [-0.3, -0.25) is 0 Å². The Morgan fingerprint density at radius 3 is 1.92 bits per heavy atom. The van der Waals surface area contributed by atoms with Crippen LogP contribution in [0.2, 0.25) is 20.3 Å². The van der Waals surface area contributed by atoms with Crippen molar-refractivity contribution in [3.05, 3.63) is 69.9 Å². The van der Waals surface area contributed by atoms with Gasteiger partial charge < -0.3 is 24.8 Å². The molecule has 0 aliphatic heterocycles. The first-order chi connectivity index (χ1) is 11.3. The van der Waals surface area contributed by atoms with Gasteiger partial charge >= 0.3 is 158 Å². The summed E-state index contributed by atoms with van der Waals surface area (Å²) < 4.78 is 1.64. The van der Waals surface area contributed by atoms with Crippen molar-refractivity contribution in [2.45, 2.75) is 55.0 Å². The molecule has 0 nitrogen and oxygen atoms in total. The maximum atomic E-state index is 2.63. The molecule has 26 heavy (non-hydrogen) atoms. The summed E-state index contributed by atoms with van der Waals surface area (Å²) in [6.07, 6.45) is 14.4. The smallest absolute Gasteiger partial charge is 1.00 e. The van der Waals surface area contributed by atoms with Gasteiger partial charge in [0.25, 0.3) is 0 Å². The SMILES string of the molecule is CC1=C(C)[CH]([Zr+2]([CH]2C=CC3=C2C=CC=CC3C)[SiH](C)C)C(C)=C1C.[Cl-].[Cl-]. The minimum absolute atomic E-state index is 0. The van der Waals surface area contributed by atoms with E-state index in [1.165, 1.54) is 0 Å². The molecule has 2 unspecified atom stereocenters. The molecule has 0 bridgehead atoms. The molecule has 3 rings (SSSR count). The molecule has 3 aliphatic rings. The second-order valence-electron chi connectivity index (χ2n) is 7.98. The summed E-state index contributed by atoms with van der Waals surface area (Å²) in [5.41, 5.74) is 9.87. The zero-order chi connectivity index (χ0) is 17.6. The van der Waals surface area contributed by atoms with E-state index in [0.29, 0.717) is 5.92 Å². The topological polar surface area (TPSA) is 0 Å². The van der Waals surface area contributed by atoms with Gasteiger partial charge in [0.2, 0.25) is 0 Å². The minimum atomic E-state index is -1.66. The molecular weight excluding hydrogens is 454 g/mol. The average molecular weight is 486 g/mol. The van der Waals surface area contributed by atoms with Crippen LogP contribution in [0.25, 0.3) is 0 Å². The number of rotatable bonds is 3. The largest absolute Gasteiger partial charge is 1.00 e. The van der Waals surface area contributed by atoms with Crippen molar-refractivity contribution < 1.29 is 45.7 Å². The molecule has 0 N–H and O–H groups in total. The Balaban J connectivity index is 0.00000169. The summed E-state index contributed by atoms with van der Waals surface area (Å²) in [4.78, 5) is 0. The van der Waals surface area contributed by atoms with E-state index in [1.54, 1.807) is 33.4 Å². The number of halogens is 2. The van der Waals surface area contributed by atoms with Gasteiger partial charge in [-0.1, -0.05) is 0 Å². The second-order valence-corrected chi connectivity index (χ2v) is 28.2. The second kappa shape index (κ2) is 9.55. The Morgan fingerprint density at radius 1 is 0.808 bits per heavy atom. The van der Waals surface area contributed by atoms with Gasteiger partial charge in [0, 0.05) is 0 Å². The first kappa shape index (κ1) is 24.2. The van der Waals surface area contributed by atoms with Gasteiger partial charge in [0.1, 0.15) is 0 Å². The van der Waals surface area contributed by atoms with Crippen LogP contribution in [0, 0.1) is 5.92 Å². The summed E-state index contributed by atoms with van der Waals surface area (Å²) >= 11 is -1.66. The van der Waals surface area contributed by atoms with Crippen molar-refractivity contribution in [2.24, 2.45) is 5.92 Å². The van der Waals surface area contributed by atoms with Crippen molar-refractivity contribution in [3.63, 3.8) is 0 Å². The van der Waals surface area contributed by atoms with E-state index in [9.17, 15) is 0 Å². The third-order valence-electron chi connectivity index (χ3n) is 6.38. The molecule has 0 saturated heterocycles. The number of hydrogen-bond acceptors (Lipinski definition) is 0. The van der Waals surface area contributed by atoms with Crippen LogP contribution in [0.15, 0.2) is 69.9 Å². The zero-order valence-electron chi connectivity index (χ0n) is 17.0. The van der Waals surface area contributed by atoms with Crippen LogP contribution >= 0.6 is 0 Å². The molecule has 0 spiro atoms. The van der Waals surface area contributed by atoms with Crippen molar-refractivity contribution >= 4 is 5.92 Å². The van der Waals surface area contributed by atoms with Crippen molar-refractivity contribution in [2.75, 3.05) is 0 Å². The quantitative estimate of drug-likeness (QED) is 0.511. The Morgan fingerprint density at radius 2 is 1.38 bits per heavy atom. The number of hydrogen-bond donors (Lipinski definition) is 0. The van der Waals surface area contributed by atoms with E-state index in [4.69, 9.17) is 0 Å². The van der Waals surface area contributed by atoms with Crippen LogP contribution in [0.3, 0.4) is 0 Å². The van der Waals surface area contributed by atoms with Gasteiger partial charge in [-0.15, -0.1) is 0 Å². The van der Waals surface area contributed by atoms with Crippen LogP contribution in [0.4, 0.5) is 0 Å². The summed E-state index contributed by atoms with van der Waals surface area (Å²) in [5, 5.41) is 0. The van der Waals surface area contributed by atoms with E-state index in [2.05, 4.69) is 84.2 Å². The molecule has 0 saturated carbocycles. The average Bonchev–Trinajstić information content (AvgIpc) is 2.95. The molecule has 0 fully saturated rings. The van der Waals surface area contributed by atoms with E-state index in [-0.39, 0.29) is 24.8 Å². The van der Waals surface area contributed by atoms with Crippen LogP contribution < -0.4 is 24.8 Å². The molecule has 0 aromatic heterocycles. The van der Waals surface area contributed by atoms with E-state index in [1.807, 2.05) is 0 Å². The molecule has 0 heterocycles. The standard InChI is InChI=1S/C11H11.C9H13.C2H7Si.2ClH.Zr/c1-9-5-2-3-6-10-7-4-8-11(9)10;1-6-5-7(2)9(4)8(6)3;1-3-2;;;/h2-9H,1H3;5H,1-4H3;3H,1-2H3;2*1H;/q;;;;;+2/p-2. The summed E-state index contributed by atoms with van der Waals surface area (Å²) in [5.74, 6) is -0.0716. The van der Waals surface area contributed by atoms with Crippen molar-refractivity contribution in [1.29, 1.82) is 0 Å². The fraction of sp³-hybridized carbons (Fsp3) is 0.455. The Labute approximate surface area is 181 Å². The van der Waals surface area contributed by atoms with E-state index >= 15 is 0 Å². The van der Waals surface area contributed by atoms with Crippen LogP contribution in [-0.2, 0) is 20.9 Å². The molecule has 0 aromatic rings. The number of allylic oxidation sites excluding steroid dienone is 12. The Bertz CT molecular complexity index is 713. The maximum absolute atomic E-state index is 2.63. The van der Waals surface area contributed by atoms with Crippen molar-refractivity contribution in [3.8, 4) is 0 Å². The van der Waals surface area contributed by atoms with Gasteiger partial charge in [-0.2, -0.15) is 0 Å². The van der Waals surface area contributed by atoms with E-state index < -0.39 is 26.8 Å². The fourth-order valence-corrected chi connectivity index (χ4v) is 27.7. The zero-order valence-corrected chi connectivity index (χ0v) is 22.2. The summed E-state index contributed by atoms with van der Waals surface area (Å²) in [7, 11) is 0. The van der Waals surface area contributed by atoms with E-state index in [0.717, 1.165) is 7.25 Å². The molecule has 0 amide bonds. The fourth-order valence-electron chi connectivity index (χ4n) is 4.70. The predicted octanol–water partition coefficient (Wildman–Crippen LogP) is 0.488. The monoisotopic (exact) mass is 483 g/mol. The Hall–Kier alpha value is 0.120. The van der Waals surface area contributed by atoms with Crippen LogP contribution in [0.1, 0.15) is 34.6 Å². The first-order valence-corrected chi connectivity index (χ1v) is 19.3. The predicted molar refractivity (Wildman–Crippen MR) is 107 cm³/mol. The molecule has 141 valence electrons. The van der Waals surface area contributed by atoms with Crippen LogP contribution in [-0.4, -0.2) is 5.92 Å². The first-order valence-electron chi connectivity index (χ1n) is 9.33. The molecule has 0 aromatic carbocycles. The van der Waals surface area contributed by atoms with Crippen molar-refractivity contribution in [1.82, 2.24) is 0 Å². The maximum Gasteiger partial charge on any atom is -1.00 e. The Kier molecular flexibility index (Phi) is 8.87. The normalized spacial score (nSPS) is 24.9. The molecule has 4 heteroatoms. The summed E-state index contributed by atoms with van der Waals surface area (Å²) in [6, 6.07) is 0. The van der Waals surface area contributed by atoms with Gasteiger partial charge in [-0.25, -0.2) is 0 Å². The van der Waals surface area contributed by atoms with Gasteiger partial charge in [0.15, 0.2) is 0 Å². The third kappa shape index (κ3) is 4.09. The van der Waals surface area contributed by atoms with Gasteiger partial charge in [0.05, 0.1) is 0 Å². The summed E-state index contributed by atoms with van der Waals surface area (Å²) in [6.45, 7) is 17.2.